The van der Waals surface area contributed by atoms with Crippen molar-refractivity contribution in [2.75, 3.05) is 0 Å². The summed E-state index contributed by atoms with van der Waals surface area (Å²) >= 11 is 0. The number of Topliss-reactive ketones (excluding diaryl/α,β-unsaturated/α-hetero) is 1. The highest BCUT2D eigenvalue weighted by atomic mass is 19.4. The molecular formula is C26H35F3O2. The quantitative estimate of drug-likeness (QED) is 0.493. The van der Waals surface area contributed by atoms with Crippen molar-refractivity contribution >= 4 is 5.78 Å². The summed E-state index contributed by atoms with van der Waals surface area (Å²) in [6, 6.07) is 3.48. The fraction of sp³-hybridized carbons (Fsp3) is 0.731. The lowest BCUT2D eigenvalue weighted by Crippen LogP contribution is -2.59. The van der Waals surface area contributed by atoms with E-state index in [9.17, 15) is 23.1 Å². The first-order valence-corrected chi connectivity index (χ1v) is 11.5. The molecule has 1 aromatic carbocycles. The molecule has 172 valence electrons. The molecule has 4 aliphatic carbocycles. The predicted octanol–water partition coefficient (Wildman–Crippen LogP) is 7.32. The van der Waals surface area contributed by atoms with Gasteiger partial charge in [-0.15, -0.1) is 0 Å². The molecule has 5 heteroatoms. The third kappa shape index (κ3) is 3.51. The van der Waals surface area contributed by atoms with Crippen molar-refractivity contribution in [3.63, 3.8) is 0 Å². The third-order valence-electron chi connectivity index (χ3n) is 8.13. The molecule has 0 aromatic heterocycles. The Morgan fingerprint density at radius 3 is 1.74 bits per heavy atom. The molecule has 0 radical (unpaired) electrons. The summed E-state index contributed by atoms with van der Waals surface area (Å²) < 4.78 is 42.5. The Bertz CT molecular complexity index is 865. The molecule has 0 amide bonds. The predicted molar refractivity (Wildman–Crippen MR) is 115 cm³/mol. The van der Waals surface area contributed by atoms with Gasteiger partial charge in [0.1, 0.15) is 5.75 Å². The number of ketones is 1. The molecule has 31 heavy (non-hydrogen) atoms. The number of carbonyl (C=O) groups is 1. The lowest BCUT2D eigenvalue weighted by Gasteiger charge is -2.61. The second kappa shape index (κ2) is 6.51. The van der Waals surface area contributed by atoms with Crippen LogP contribution in [0.5, 0.6) is 5.75 Å². The summed E-state index contributed by atoms with van der Waals surface area (Å²) in [6.07, 6.45) is -2.03. The van der Waals surface area contributed by atoms with Crippen LogP contribution in [0, 0.1) is 22.7 Å². The van der Waals surface area contributed by atoms with E-state index in [1.807, 2.05) is 41.5 Å². The van der Waals surface area contributed by atoms with Crippen LogP contribution in [-0.2, 0) is 10.8 Å². The molecule has 5 rings (SSSR count). The van der Waals surface area contributed by atoms with Crippen molar-refractivity contribution < 1.29 is 23.1 Å². The monoisotopic (exact) mass is 436 g/mol. The van der Waals surface area contributed by atoms with Gasteiger partial charge in [0.2, 0.25) is 0 Å². The van der Waals surface area contributed by atoms with E-state index in [0.717, 1.165) is 6.42 Å². The molecular weight excluding hydrogens is 401 g/mol. The van der Waals surface area contributed by atoms with Gasteiger partial charge < -0.3 is 5.11 Å². The van der Waals surface area contributed by atoms with Crippen molar-refractivity contribution in [2.45, 2.75) is 97.1 Å². The number of hydrogen-bond donors (Lipinski definition) is 1. The first-order chi connectivity index (χ1) is 14.0. The summed E-state index contributed by atoms with van der Waals surface area (Å²) in [7, 11) is 0. The summed E-state index contributed by atoms with van der Waals surface area (Å²) in [5.74, 6) is 0.00118. The number of halogens is 3. The topological polar surface area (TPSA) is 37.3 Å². The van der Waals surface area contributed by atoms with Gasteiger partial charge in [0.15, 0.2) is 5.78 Å². The van der Waals surface area contributed by atoms with Crippen LogP contribution >= 0.6 is 0 Å². The van der Waals surface area contributed by atoms with Gasteiger partial charge in [-0.1, -0.05) is 41.5 Å². The number of aromatic hydroxyl groups is 1. The van der Waals surface area contributed by atoms with Crippen LogP contribution in [0.2, 0.25) is 0 Å². The molecule has 4 aliphatic rings. The van der Waals surface area contributed by atoms with Gasteiger partial charge in [0, 0.05) is 22.1 Å². The standard InChI is InChI=1S/C26H35F3O2/c1-22(2,3)18-8-17(9-19(20(18)30)23(4,5)6)21(31)24-10-15-7-16(11-24)13-25(12-15,14-24)26(27,28)29/h8-9,15-16,30H,7,10-14H2,1-6H3. The van der Waals surface area contributed by atoms with Crippen LogP contribution in [0.25, 0.3) is 0 Å². The largest absolute Gasteiger partial charge is 0.507 e. The Morgan fingerprint density at radius 2 is 1.35 bits per heavy atom. The van der Waals surface area contributed by atoms with Crippen LogP contribution in [0.4, 0.5) is 13.2 Å². The molecule has 2 atom stereocenters. The average molecular weight is 437 g/mol. The van der Waals surface area contributed by atoms with Gasteiger partial charge in [-0.05, 0) is 73.3 Å². The average Bonchev–Trinajstić information content (AvgIpc) is 2.57. The molecule has 1 aromatic rings. The van der Waals surface area contributed by atoms with Gasteiger partial charge in [0.25, 0.3) is 0 Å². The van der Waals surface area contributed by atoms with Gasteiger partial charge >= 0.3 is 6.18 Å². The fourth-order valence-corrected chi connectivity index (χ4v) is 7.08. The highest BCUT2D eigenvalue weighted by Gasteiger charge is 2.68. The SMILES string of the molecule is CC(C)(C)c1cc(C(=O)C23CC4CC(C2)CC(C(F)(F)F)(C4)C3)cc(C(C)(C)C)c1O. The molecule has 1 N–H and O–H groups in total. The maximum Gasteiger partial charge on any atom is 0.394 e. The molecule has 0 saturated heterocycles. The number of alkyl halides is 3. The molecule has 0 heterocycles. The summed E-state index contributed by atoms with van der Waals surface area (Å²) in [5, 5.41) is 11.0. The zero-order chi connectivity index (χ0) is 23.2. The Morgan fingerprint density at radius 1 is 0.903 bits per heavy atom. The van der Waals surface area contributed by atoms with Gasteiger partial charge in [-0.25, -0.2) is 0 Å². The van der Waals surface area contributed by atoms with E-state index in [2.05, 4.69) is 0 Å². The normalized spacial score (nSPS) is 33.1. The fourth-order valence-electron chi connectivity index (χ4n) is 7.08. The van der Waals surface area contributed by atoms with Crippen molar-refractivity contribution in [1.29, 1.82) is 0 Å². The van der Waals surface area contributed by atoms with Crippen molar-refractivity contribution in [2.24, 2.45) is 22.7 Å². The second-order valence-electron chi connectivity index (χ2n) is 12.8. The Hall–Kier alpha value is -1.52. The van der Waals surface area contributed by atoms with Crippen molar-refractivity contribution in [1.82, 2.24) is 0 Å². The number of benzene rings is 1. The second-order valence-corrected chi connectivity index (χ2v) is 12.8. The molecule has 4 bridgehead atoms. The first kappa shape index (κ1) is 22.7. The zero-order valence-electron chi connectivity index (χ0n) is 19.5. The summed E-state index contributed by atoms with van der Waals surface area (Å²) in [6.45, 7) is 11.9. The number of phenols is 1. The third-order valence-corrected chi connectivity index (χ3v) is 8.13. The smallest absolute Gasteiger partial charge is 0.394 e. The van der Waals surface area contributed by atoms with E-state index in [1.54, 1.807) is 12.1 Å². The van der Waals surface area contributed by atoms with Crippen molar-refractivity contribution in [3.05, 3.63) is 28.8 Å². The highest BCUT2D eigenvalue weighted by Crippen LogP contribution is 2.70. The maximum absolute atomic E-state index is 14.2. The lowest BCUT2D eigenvalue weighted by atomic mass is 9.42. The molecule has 0 spiro atoms. The molecule has 2 unspecified atom stereocenters. The molecule has 0 aliphatic heterocycles. The minimum Gasteiger partial charge on any atom is -0.507 e. The first-order valence-electron chi connectivity index (χ1n) is 11.5. The van der Waals surface area contributed by atoms with E-state index in [-0.39, 0.29) is 42.6 Å². The molecule has 4 saturated carbocycles. The minimum atomic E-state index is -4.27. The van der Waals surface area contributed by atoms with Gasteiger partial charge in [-0.3, -0.25) is 4.79 Å². The van der Waals surface area contributed by atoms with E-state index < -0.39 is 27.8 Å². The number of carbonyl (C=O) groups excluding carboxylic acids is 1. The molecule has 2 nitrogen and oxygen atoms in total. The van der Waals surface area contributed by atoms with Crippen LogP contribution < -0.4 is 0 Å². The number of rotatable bonds is 2. The van der Waals surface area contributed by atoms with Crippen LogP contribution in [0.3, 0.4) is 0 Å². The Kier molecular flexibility index (Phi) is 4.76. The molecule has 4 fully saturated rings. The Balaban J connectivity index is 1.83. The minimum absolute atomic E-state index is 0.0203. The lowest BCUT2D eigenvalue weighted by molar-refractivity contribution is -0.280. The van der Waals surface area contributed by atoms with E-state index >= 15 is 0 Å². The van der Waals surface area contributed by atoms with E-state index in [4.69, 9.17) is 0 Å². The summed E-state index contributed by atoms with van der Waals surface area (Å²) in [5.41, 5.74) is -1.60. The highest BCUT2D eigenvalue weighted by molar-refractivity contribution is 6.01. The van der Waals surface area contributed by atoms with Crippen molar-refractivity contribution in [3.8, 4) is 5.75 Å². The van der Waals surface area contributed by atoms with Gasteiger partial charge in [-0.2, -0.15) is 13.2 Å². The maximum atomic E-state index is 14.2. The Labute approximate surface area is 183 Å². The van der Waals surface area contributed by atoms with E-state index in [0.29, 0.717) is 29.5 Å². The number of hydrogen-bond acceptors (Lipinski definition) is 2. The van der Waals surface area contributed by atoms with Crippen LogP contribution in [-0.4, -0.2) is 17.1 Å². The number of phenolic OH excluding ortho intramolecular Hbond substituents is 1. The zero-order valence-corrected chi connectivity index (χ0v) is 19.5. The van der Waals surface area contributed by atoms with E-state index in [1.165, 1.54) is 0 Å². The van der Waals surface area contributed by atoms with Crippen LogP contribution in [0.1, 0.15) is 102 Å². The van der Waals surface area contributed by atoms with Gasteiger partial charge in [0.05, 0.1) is 5.41 Å². The summed E-state index contributed by atoms with van der Waals surface area (Å²) in [4.78, 5) is 14.0. The van der Waals surface area contributed by atoms with Crippen LogP contribution in [0.15, 0.2) is 12.1 Å².